The maximum absolute atomic E-state index is 12.4. The SMILES string of the molecule is CCOC(=O)c1ccc(S(=O)(=O)NC[C@H]2COc3ccccc3O2)cc1. The van der Waals surface area contributed by atoms with Crippen LogP contribution >= 0.6 is 0 Å². The van der Waals surface area contributed by atoms with Gasteiger partial charge >= 0.3 is 5.97 Å². The second-order valence-corrected chi connectivity index (χ2v) is 7.36. The lowest BCUT2D eigenvalue weighted by atomic mass is 10.2. The Kier molecular flexibility index (Phi) is 5.43. The molecule has 2 aromatic rings. The maximum atomic E-state index is 12.4. The number of nitrogens with one attached hydrogen (secondary N) is 1. The van der Waals surface area contributed by atoms with Crippen molar-refractivity contribution in [2.45, 2.75) is 17.9 Å². The summed E-state index contributed by atoms with van der Waals surface area (Å²) in [5.74, 6) is 0.735. The van der Waals surface area contributed by atoms with Crippen molar-refractivity contribution in [3.63, 3.8) is 0 Å². The molecule has 0 aliphatic carbocycles. The molecule has 0 bridgehead atoms. The predicted molar refractivity (Wildman–Crippen MR) is 93.9 cm³/mol. The highest BCUT2D eigenvalue weighted by atomic mass is 32.2. The van der Waals surface area contributed by atoms with E-state index in [1.165, 1.54) is 24.3 Å². The third kappa shape index (κ3) is 4.14. The molecule has 2 aromatic carbocycles. The van der Waals surface area contributed by atoms with Crippen LogP contribution in [-0.2, 0) is 14.8 Å². The van der Waals surface area contributed by atoms with Gasteiger partial charge in [-0.2, -0.15) is 0 Å². The van der Waals surface area contributed by atoms with Gasteiger partial charge in [-0.05, 0) is 43.3 Å². The number of para-hydroxylation sites is 2. The molecule has 8 heteroatoms. The van der Waals surface area contributed by atoms with Gasteiger partial charge in [0.1, 0.15) is 12.7 Å². The number of fused-ring (bicyclic) bond motifs is 1. The van der Waals surface area contributed by atoms with E-state index in [0.717, 1.165) is 0 Å². The Morgan fingerprint density at radius 2 is 1.85 bits per heavy atom. The van der Waals surface area contributed by atoms with Gasteiger partial charge in [0.25, 0.3) is 0 Å². The number of rotatable bonds is 6. The highest BCUT2D eigenvalue weighted by molar-refractivity contribution is 7.89. The Hall–Kier alpha value is -2.58. The standard InChI is InChI=1S/C18H19NO6S/c1-2-23-18(20)13-7-9-15(10-8-13)26(21,22)19-11-14-12-24-16-5-3-4-6-17(16)25-14/h3-10,14,19H,2,11-12H2,1H3/t14-/m0/s1. The molecule has 138 valence electrons. The monoisotopic (exact) mass is 377 g/mol. The van der Waals surface area contributed by atoms with Crippen LogP contribution in [0, 0.1) is 0 Å². The number of ether oxygens (including phenoxy) is 3. The molecular weight excluding hydrogens is 358 g/mol. The zero-order valence-electron chi connectivity index (χ0n) is 14.2. The Bertz CT molecular complexity index is 879. The van der Waals surface area contributed by atoms with Crippen LogP contribution in [0.15, 0.2) is 53.4 Å². The molecule has 1 N–H and O–H groups in total. The molecule has 0 saturated heterocycles. The molecule has 0 unspecified atom stereocenters. The van der Waals surface area contributed by atoms with Gasteiger partial charge in [0, 0.05) is 0 Å². The number of carbonyl (C=O) groups excluding carboxylic acids is 1. The van der Waals surface area contributed by atoms with Crippen molar-refractivity contribution in [1.82, 2.24) is 4.72 Å². The number of esters is 1. The van der Waals surface area contributed by atoms with Crippen LogP contribution in [0.5, 0.6) is 11.5 Å². The van der Waals surface area contributed by atoms with Crippen molar-refractivity contribution in [1.29, 1.82) is 0 Å². The second kappa shape index (κ2) is 7.76. The quantitative estimate of drug-likeness (QED) is 0.774. The fraction of sp³-hybridized carbons (Fsp3) is 0.278. The van der Waals surface area contributed by atoms with Crippen molar-refractivity contribution in [2.75, 3.05) is 19.8 Å². The van der Waals surface area contributed by atoms with Gasteiger partial charge in [-0.3, -0.25) is 0 Å². The van der Waals surface area contributed by atoms with Crippen molar-refractivity contribution in [2.24, 2.45) is 0 Å². The summed E-state index contributed by atoms with van der Waals surface area (Å²) in [6, 6.07) is 12.8. The van der Waals surface area contributed by atoms with E-state index in [2.05, 4.69) is 4.72 Å². The minimum atomic E-state index is -3.73. The van der Waals surface area contributed by atoms with E-state index < -0.39 is 22.1 Å². The van der Waals surface area contributed by atoms with Crippen molar-refractivity contribution in [3.8, 4) is 11.5 Å². The zero-order chi connectivity index (χ0) is 18.6. The summed E-state index contributed by atoms with van der Waals surface area (Å²) in [7, 11) is -3.73. The minimum Gasteiger partial charge on any atom is -0.486 e. The van der Waals surface area contributed by atoms with E-state index in [4.69, 9.17) is 14.2 Å². The highest BCUT2D eigenvalue weighted by Crippen LogP contribution is 2.30. The van der Waals surface area contributed by atoms with Gasteiger partial charge in [0.2, 0.25) is 10.0 Å². The Balaban J connectivity index is 1.62. The van der Waals surface area contributed by atoms with E-state index in [1.807, 2.05) is 12.1 Å². The Labute approximate surface area is 151 Å². The Morgan fingerprint density at radius 3 is 2.54 bits per heavy atom. The molecule has 1 atom stereocenters. The number of sulfonamides is 1. The number of hydrogen-bond acceptors (Lipinski definition) is 6. The van der Waals surface area contributed by atoms with Crippen LogP contribution in [0.4, 0.5) is 0 Å². The van der Waals surface area contributed by atoms with Crippen LogP contribution in [0.25, 0.3) is 0 Å². The van der Waals surface area contributed by atoms with E-state index >= 15 is 0 Å². The summed E-state index contributed by atoms with van der Waals surface area (Å²) < 4.78 is 43.5. The third-order valence-corrected chi connectivity index (χ3v) is 5.18. The third-order valence-electron chi connectivity index (χ3n) is 3.74. The molecule has 0 amide bonds. The van der Waals surface area contributed by atoms with E-state index in [0.29, 0.717) is 17.1 Å². The van der Waals surface area contributed by atoms with Crippen LogP contribution in [0.2, 0.25) is 0 Å². The lowest BCUT2D eigenvalue weighted by Gasteiger charge is -2.26. The molecular formula is C18H19NO6S. The molecule has 0 aromatic heterocycles. The first-order valence-corrected chi connectivity index (χ1v) is 9.63. The summed E-state index contributed by atoms with van der Waals surface area (Å²) in [6.45, 7) is 2.28. The van der Waals surface area contributed by atoms with Crippen molar-refractivity contribution >= 4 is 16.0 Å². The fourth-order valence-electron chi connectivity index (χ4n) is 2.43. The molecule has 1 heterocycles. The predicted octanol–water partition coefficient (Wildman–Crippen LogP) is 1.98. The number of hydrogen-bond donors (Lipinski definition) is 1. The molecule has 26 heavy (non-hydrogen) atoms. The first kappa shape index (κ1) is 18.2. The summed E-state index contributed by atoms with van der Waals surface area (Å²) in [6.07, 6.45) is -0.432. The molecule has 7 nitrogen and oxygen atoms in total. The van der Waals surface area contributed by atoms with E-state index in [9.17, 15) is 13.2 Å². The summed E-state index contributed by atoms with van der Waals surface area (Å²) in [5.41, 5.74) is 0.298. The largest absolute Gasteiger partial charge is 0.486 e. The zero-order valence-corrected chi connectivity index (χ0v) is 15.0. The van der Waals surface area contributed by atoms with Gasteiger partial charge in [0.05, 0.1) is 23.6 Å². The van der Waals surface area contributed by atoms with Gasteiger partial charge in [-0.25, -0.2) is 17.9 Å². The maximum Gasteiger partial charge on any atom is 0.338 e. The molecule has 0 saturated carbocycles. The van der Waals surface area contributed by atoms with E-state index in [-0.39, 0.29) is 24.7 Å². The molecule has 1 aliphatic heterocycles. The number of carbonyl (C=O) groups is 1. The molecule has 0 radical (unpaired) electrons. The summed E-state index contributed by atoms with van der Waals surface area (Å²) in [5, 5.41) is 0. The lowest BCUT2D eigenvalue weighted by Crippen LogP contribution is -2.40. The van der Waals surface area contributed by atoms with Gasteiger partial charge in [0.15, 0.2) is 11.5 Å². The van der Waals surface area contributed by atoms with E-state index in [1.54, 1.807) is 19.1 Å². The normalized spacial score (nSPS) is 16.1. The van der Waals surface area contributed by atoms with Crippen LogP contribution in [-0.4, -0.2) is 40.2 Å². The van der Waals surface area contributed by atoms with Gasteiger partial charge in [-0.1, -0.05) is 12.1 Å². The van der Waals surface area contributed by atoms with Gasteiger partial charge in [-0.15, -0.1) is 0 Å². The van der Waals surface area contributed by atoms with Gasteiger partial charge < -0.3 is 14.2 Å². The second-order valence-electron chi connectivity index (χ2n) is 5.59. The van der Waals surface area contributed by atoms with Crippen LogP contribution in [0.3, 0.4) is 0 Å². The molecule has 1 aliphatic rings. The van der Waals surface area contributed by atoms with Crippen molar-refractivity contribution in [3.05, 3.63) is 54.1 Å². The Morgan fingerprint density at radius 1 is 1.15 bits per heavy atom. The summed E-state index contributed by atoms with van der Waals surface area (Å²) >= 11 is 0. The first-order chi connectivity index (χ1) is 12.5. The fourth-order valence-corrected chi connectivity index (χ4v) is 3.50. The van der Waals surface area contributed by atoms with Crippen molar-refractivity contribution < 1.29 is 27.4 Å². The molecule has 3 rings (SSSR count). The molecule has 0 spiro atoms. The summed E-state index contributed by atoms with van der Waals surface area (Å²) in [4.78, 5) is 11.7. The topological polar surface area (TPSA) is 90.9 Å². The molecule has 0 fully saturated rings. The van der Waals surface area contributed by atoms with Crippen LogP contribution < -0.4 is 14.2 Å². The number of benzene rings is 2. The highest BCUT2D eigenvalue weighted by Gasteiger charge is 2.23. The average Bonchev–Trinajstić information content (AvgIpc) is 2.66. The smallest absolute Gasteiger partial charge is 0.338 e. The average molecular weight is 377 g/mol. The first-order valence-electron chi connectivity index (χ1n) is 8.15. The van der Waals surface area contributed by atoms with Crippen LogP contribution in [0.1, 0.15) is 17.3 Å². The minimum absolute atomic E-state index is 0.0580. The lowest BCUT2D eigenvalue weighted by molar-refractivity contribution is 0.0526.